The molecule has 7 heteroatoms. The van der Waals surface area contributed by atoms with E-state index in [9.17, 15) is 15.0 Å². The van der Waals surface area contributed by atoms with Gasteiger partial charge in [-0.1, -0.05) is 6.07 Å². The zero-order chi connectivity index (χ0) is 16.1. The molecule has 1 aromatic carbocycles. The van der Waals surface area contributed by atoms with Crippen LogP contribution in [0.2, 0.25) is 0 Å². The Morgan fingerprint density at radius 2 is 2.09 bits per heavy atom. The first-order chi connectivity index (χ1) is 10.4. The van der Waals surface area contributed by atoms with Crippen molar-refractivity contribution in [3.63, 3.8) is 0 Å². The van der Waals surface area contributed by atoms with Gasteiger partial charge < -0.3 is 29.5 Å². The van der Waals surface area contributed by atoms with E-state index in [0.717, 1.165) is 5.56 Å². The van der Waals surface area contributed by atoms with Crippen LogP contribution in [0.15, 0.2) is 29.7 Å². The largest absolute Gasteiger partial charge is 0.507 e. The van der Waals surface area contributed by atoms with Gasteiger partial charge in [0.25, 0.3) is 11.5 Å². The average Bonchev–Trinajstić information content (AvgIpc) is 2.95. The summed E-state index contributed by atoms with van der Waals surface area (Å²) in [5.74, 6) is -2.34. The minimum atomic E-state index is -1.41. The van der Waals surface area contributed by atoms with Crippen LogP contribution in [-0.2, 0) is 24.8 Å². The Morgan fingerprint density at radius 3 is 2.73 bits per heavy atom. The van der Waals surface area contributed by atoms with Crippen LogP contribution < -0.4 is 0 Å². The lowest BCUT2D eigenvalue weighted by atomic mass is 10.0. The molecule has 1 aromatic rings. The summed E-state index contributed by atoms with van der Waals surface area (Å²) in [6.45, 7) is 2.78. The van der Waals surface area contributed by atoms with Crippen molar-refractivity contribution in [1.82, 2.24) is 0 Å². The van der Waals surface area contributed by atoms with Gasteiger partial charge in [-0.2, -0.15) is 0 Å². The molecule has 0 aliphatic carbocycles. The van der Waals surface area contributed by atoms with Crippen molar-refractivity contribution in [3.05, 3.63) is 40.8 Å². The molecule has 2 heterocycles. The van der Waals surface area contributed by atoms with Gasteiger partial charge in [0, 0.05) is 6.92 Å². The number of aryl methyl sites for hydroxylation is 1. The first kappa shape index (κ1) is 14.7. The molecule has 3 unspecified atom stereocenters. The molecule has 3 N–H and O–H groups in total. The quantitative estimate of drug-likeness (QED) is 0.694. The monoisotopic (exact) mass is 308 g/mol. The highest BCUT2D eigenvalue weighted by atomic mass is 16.8. The second-order valence-corrected chi connectivity index (χ2v) is 5.44. The molecule has 0 aromatic heterocycles. The number of aromatic hydroxyl groups is 1. The summed E-state index contributed by atoms with van der Waals surface area (Å²) in [5, 5.41) is 28.8. The van der Waals surface area contributed by atoms with Crippen LogP contribution in [0.4, 0.5) is 0 Å². The SMILES string of the molecule is Cc1ccc(C2(C)OC3=C(O2)C(C(O)CO)OC3=O)c(O)c1. The van der Waals surface area contributed by atoms with Gasteiger partial charge in [0.1, 0.15) is 11.9 Å². The highest BCUT2D eigenvalue weighted by Crippen LogP contribution is 2.46. The van der Waals surface area contributed by atoms with E-state index in [4.69, 9.17) is 19.3 Å². The molecular weight excluding hydrogens is 292 g/mol. The Labute approximate surface area is 126 Å². The number of ether oxygens (including phenoxy) is 3. The number of phenols is 1. The fourth-order valence-electron chi connectivity index (χ4n) is 2.56. The summed E-state index contributed by atoms with van der Waals surface area (Å²) >= 11 is 0. The van der Waals surface area contributed by atoms with Crippen LogP contribution in [0.1, 0.15) is 18.1 Å². The summed E-state index contributed by atoms with van der Waals surface area (Å²) in [7, 11) is 0. The first-order valence-electron chi connectivity index (χ1n) is 6.78. The van der Waals surface area contributed by atoms with E-state index in [1.54, 1.807) is 25.1 Å². The minimum absolute atomic E-state index is 0.0222. The van der Waals surface area contributed by atoms with Gasteiger partial charge in [0.05, 0.1) is 12.2 Å². The zero-order valence-electron chi connectivity index (χ0n) is 12.1. The topological polar surface area (TPSA) is 105 Å². The molecule has 0 saturated heterocycles. The van der Waals surface area contributed by atoms with E-state index >= 15 is 0 Å². The lowest BCUT2D eigenvalue weighted by Gasteiger charge is -2.28. The predicted molar refractivity (Wildman–Crippen MR) is 72.4 cm³/mol. The van der Waals surface area contributed by atoms with Gasteiger partial charge in [-0.3, -0.25) is 0 Å². The molecule has 0 spiro atoms. The number of rotatable bonds is 3. The van der Waals surface area contributed by atoms with Gasteiger partial charge in [-0.05, 0) is 24.6 Å². The zero-order valence-corrected chi connectivity index (χ0v) is 12.1. The molecule has 7 nitrogen and oxygen atoms in total. The standard InChI is InChI=1S/C15H16O7/c1-7-3-4-8(9(17)5-7)15(2)21-12-11(10(18)6-16)20-14(19)13(12)22-15/h3-5,10-11,16-18H,6H2,1-2H3. The normalized spacial score (nSPS) is 28.0. The Morgan fingerprint density at radius 1 is 1.36 bits per heavy atom. The molecule has 0 amide bonds. The molecule has 3 atom stereocenters. The van der Waals surface area contributed by atoms with Crippen molar-refractivity contribution < 1.29 is 34.3 Å². The number of hydrogen-bond acceptors (Lipinski definition) is 7. The average molecular weight is 308 g/mol. The molecule has 0 radical (unpaired) electrons. The van der Waals surface area contributed by atoms with Gasteiger partial charge in [0.2, 0.25) is 0 Å². The van der Waals surface area contributed by atoms with Crippen LogP contribution in [0, 0.1) is 6.92 Å². The van der Waals surface area contributed by atoms with Crippen molar-refractivity contribution in [1.29, 1.82) is 0 Å². The van der Waals surface area contributed by atoms with Crippen molar-refractivity contribution in [2.75, 3.05) is 6.61 Å². The Bertz CT molecular complexity index is 666. The first-order valence-corrected chi connectivity index (χ1v) is 6.78. The number of phenolic OH excluding ortho intramolecular Hbond substituents is 1. The Balaban J connectivity index is 1.94. The third-order valence-electron chi connectivity index (χ3n) is 3.68. The van der Waals surface area contributed by atoms with Gasteiger partial charge >= 0.3 is 5.97 Å². The van der Waals surface area contributed by atoms with Crippen LogP contribution in [0.3, 0.4) is 0 Å². The highest BCUT2D eigenvalue weighted by Gasteiger charge is 2.53. The van der Waals surface area contributed by atoms with E-state index in [-0.39, 0.29) is 17.3 Å². The number of aliphatic hydroxyl groups is 2. The van der Waals surface area contributed by atoms with E-state index < -0.39 is 30.6 Å². The number of hydrogen-bond donors (Lipinski definition) is 3. The summed E-state index contributed by atoms with van der Waals surface area (Å²) in [4.78, 5) is 11.8. The molecular formula is C15H16O7. The number of carbonyl (C=O) groups is 1. The molecule has 0 bridgehead atoms. The third kappa shape index (κ3) is 2.10. The fraction of sp³-hybridized carbons (Fsp3) is 0.400. The molecule has 2 aliphatic heterocycles. The summed E-state index contributed by atoms with van der Waals surface area (Å²) in [5.41, 5.74) is 1.20. The maximum absolute atomic E-state index is 11.8. The second kappa shape index (κ2) is 4.89. The number of aliphatic hydroxyl groups excluding tert-OH is 2. The van der Waals surface area contributed by atoms with Crippen LogP contribution in [-0.4, -0.2) is 40.1 Å². The third-order valence-corrected chi connectivity index (χ3v) is 3.68. The van der Waals surface area contributed by atoms with E-state index in [2.05, 4.69) is 0 Å². The van der Waals surface area contributed by atoms with Crippen molar-refractivity contribution >= 4 is 5.97 Å². The molecule has 3 rings (SSSR count). The van der Waals surface area contributed by atoms with E-state index in [0.29, 0.717) is 5.56 Å². The van der Waals surface area contributed by atoms with Crippen molar-refractivity contribution in [2.45, 2.75) is 31.8 Å². The number of esters is 1. The van der Waals surface area contributed by atoms with Crippen LogP contribution >= 0.6 is 0 Å². The van der Waals surface area contributed by atoms with Crippen molar-refractivity contribution in [2.24, 2.45) is 0 Å². The summed E-state index contributed by atoms with van der Waals surface area (Å²) in [6.07, 6.45) is -2.43. The molecule has 0 fully saturated rings. The molecule has 22 heavy (non-hydrogen) atoms. The smallest absolute Gasteiger partial charge is 0.378 e. The second-order valence-electron chi connectivity index (χ2n) is 5.44. The number of cyclic esters (lactones) is 1. The molecule has 118 valence electrons. The Hall–Kier alpha value is -2.25. The van der Waals surface area contributed by atoms with Crippen LogP contribution in [0.5, 0.6) is 5.75 Å². The van der Waals surface area contributed by atoms with Gasteiger partial charge in [-0.15, -0.1) is 0 Å². The summed E-state index contributed by atoms with van der Waals surface area (Å²) in [6, 6.07) is 4.96. The Kier molecular flexibility index (Phi) is 3.26. The lowest BCUT2D eigenvalue weighted by molar-refractivity contribution is -0.189. The van der Waals surface area contributed by atoms with E-state index in [1.807, 2.05) is 6.92 Å². The van der Waals surface area contributed by atoms with Crippen molar-refractivity contribution in [3.8, 4) is 5.75 Å². The maximum Gasteiger partial charge on any atom is 0.378 e. The van der Waals surface area contributed by atoms with Gasteiger partial charge in [-0.25, -0.2) is 4.79 Å². The lowest BCUT2D eigenvalue weighted by Crippen LogP contribution is -2.35. The molecule has 2 aliphatic rings. The van der Waals surface area contributed by atoms with Crippen LogP contribution in [0.25, 0.3) is 0 Å². The highest BCUT2D eigenvalue weighted by molar-refractivity contribution is 5.90. The number of carbonyl (C=O) groups excluding carboxylic acids is 1. The molecule has 0 saturated carbocycles. The summed E-state index contributed by atoms with van der Waals surface area (Å²) < 4.78 is 16.1. The van der Waals surface area contributed by atoms with E-state index in [1.165, 1.54) is 0 Å². The predicted octanol–water partition coefficient (Wildman–Crippen LogP) is 0.410. The fourth-order valence-corrected chi connectivity index (χ4v) is 2.56. The number of benzene rings is 1. The minimum Gasteiger partial charge on any atom is -0.507 e. The maximum atomic E-state index is 11.8. The van der Waals surface area contributed by atoms with Gasteiger partial charge in [0.15, 0.2) is 11.9 Å².